The topological polar surface area (TPSA) is 114 Å². The van der Waals surface area contributed by atoms with E-state index in [2.05, 4.69) is 10.6 Å². The largest absolute Gasteiger partial charge is 0.456 e. The van der Waals surface area contributed by atoms with Crippen LogP contribution in [0.2, 0.25) is 0 Å². The molecule has 0 saturated carbocycles. The van der Waals surface area contributed by atoms with Crippen molar-refractivity contribution in [2.24, 2.45) is 5.73 Å². The first-order valence-corrected chi connectivity index (χ1v) is 9.97. The molecule has 32 heavy (non-hydrogen) atoms. The number of rotatable bonds is 7. The van der Waals surface area contributed by atoms with Crippen LogP contribution in [0.25, 0.3) is 21.9 Å². The number of carbonyl (C=O) groups is 3. The van der Waals surface area contributed by atoms with Gasteiger partial charge in [0, 0.05) is 28.4 Å². The number of hydrogen-bond acceptors (Lipinski definition) is 4. The Morgan fingerprint density at radius 2 is 1.66 bits per heavy atom. The van der Waals surface area contributed by atoms with Crippen molar-refractivity contribution in [1.29, 1.82) is 0 Å². The summed E-state index contributed by atoms with van der Waals surface area (Å²) in [6, 6.07) is 16.7. The van der Waals surface area contributed by atoms with Crippen LogP contribution in [0.1, 0.15) is 23.2 Å². The number of primary amides is 1. The average molecular weight is 433 g/mol. The molecule has 4 N–H and O–H groups in total. The molecule has 0 aliphatic rings. The van der Waals surface area contributed by atoms with E-state index in [1.807, 2.05) is 24.3 Å². The molecule has 162 valence electrons. The second-order valence-electron chi connectivity index (χ2n) is 7.34. The van der Waals surface area contributed by atoms with Gasteiger partial charge in [0.2, 0.25) is 11.8 Å². The van der Waals surface area contributed by atoms with E-state index in [-0.39, 0.29) is 18.4 Å². The van der Waals surface area contributed by atoms with E-state index >= 15 is 0 Å². The normalized spacial score (nSPS) is 11.9. The number of amides is 3. The number of halogens is 1. The fourth-order valence-electron chi connectivity index (χ4n) is 3.43. The molecule has 1 atom stereocenters. The van der Waals surface area contributed by atoms with E-state index in [1.54, 1.807) is 18.2 Å². The molecule has 0 aliphatic carbocycles. The Bertz CT molecular complexity index is 1310. The number of fused-ring (bicyclic) bond motifs is 3. The molecule has 0 bridgehead atoms. The molecule has 1 heterocycles. The molecule has 1 unspecified atom stereocenters. The third-order valence-electron chi connectivity index (χ3n) is 5.05. The van der Waals surface area contributed by atoms with Gasteiger partial charge in [-0.05, 0) is 55.0 Å². The van der Waals surface area contributed by atoms with Crippen molar-refractivity contribution in [1.82, 2.24) is 5.32 Å². The lowest BCUT2D eigenvalue weighted by Gasteiger charge is -2.18. The third-order valence-corrected chi connectivity index (χ3v) is 5.05. The number of nitrogens with two attached hydrogens (primary N) is 1. The molecule has 3 amide bonds. The Labute approximate surface area is 182 Å². The molecule has 0 spiro atoms. The van der Waals surface area contributed by atoms with Gasteiger partial charge in [0.1, 0.15) is 23.0 Å². The van der Waals surface area contributed by atoms with Crippen LogP contribution in [0.15, 0.2) is 71.1 Å². The Morgan fingerprint density at radius 3 is 2.41 bits per heavy atom. The van der Waals surface area contributed by atoms with Gasteiger partial charge in [-0.1, -0.05) is 18.2 Å². The van der Waals surface area contributed by atoms with Gasteiger partial charge in [0.25, 0.3) is 5.91 Å². The summed E-state index contributed by atoms with van der Waals surface area (Å²) in [7, 11) is 0. The maximum atomic E-state index is 13.1. The summed E-state index contributed by atoms with van der Waals surface area (Å²) in [4.78, 5) is 36.7. The van der Waals surface area contributed by atoms with Crippen molar-refractivity contribution in [2.45, 2.75) is 18.9 Å². The number of nitrogens with one attached hydrogen (secondary N) is 2. The third kappa shape index (κ3) is 4.59. The summed E-state index contributed by atoms with van der Waals surface area (Å²) in [5.41, 5.74) is 7.33. The van der Waals surface area contributed by atoms with E-state index in [0.29, 0.717) is 11.3 Å². The summed E-state index contributed by atoms with van der Waals surface area (Å²) in [6.07, 6.45) is -0.0713. The highest BCUT2D eigenvalue weighted by atomic mass is 19.1. The van der Waals surface area contributed by atoms with Crippen molar-refractivity contribution in [3.05, 3.63) is 78.1 Å². The molecule has 4 rings (SSSR count). The average Bonchev–Trinajstić information content (AvgIpc) is 3.14. The fourth-order valence-corrected chi connectivity index (χ4v) is 3.43. The molecule has 7 nitrogen and oxygen atoms in total. The summed E-state index contributed by atoms with van der Waals surface area (Å²) in [6.45, 7) is 0. The number of anilines is 1. The van der Waals surface area contributed by atoms with Crippen LogP contribution in [0.4, 0.5) is 10.1 Å². The minimum atomic E-state index is -1.02. The highest BCUT2D eigenvalue weighted by molar-refractivity contribution is 6.07. The quantitative estimate of drug-likeness (QED) is 0.412. The first-order chi connectivity index (χ1) is 15.4. The van der Waals surface area contributed by atoms with Gasteiger partial charge in [-0.3, -0.25) is 14.4 Å². The van der Waals surface area contributed by atoms with E-state index in [9.17, 15) is 18.8 Å². The van der Waals surface area contributed by atoms with E-state index in [1.165, 1.54) is 12.1 Å². The van der Waals surface area contributed by atoms with E-state index in [4.69, 9.17) is 10.2 Å². The SMILES string of the molecule is NC(=O)CCC(NC(=O)c1ccc(F)cc1)C(=O)Nc1ccc2oc3ccccc3c2c1. The van der Waals surface area contributed by atoms with E-state index < -0.39 is 29.6 Å². The summed E-state index contributed by atoms with van der Waals surface area (Å²) in [5, 5.41) is 7.11. The predicted octanol–water partition coefficient (Wildman–Crippen LogP) is 3.73. The fraction of sp³-hybridized carbons (Fsp3) is 0.125. The van der Waals surface area contributed by atoms with Gasteiger partial charge in [0.05, 0.1) is 0 Å². The highest BCUT2D eigenvalue weighted by Crippen LogP contribution is 2.30. The Balaban J connectivity index is 1.54. The molecule has 8 heteroatoms. The van der Waals surface area contributed by atoms with Gasteiger partial charge in [-0.15, -0.1) is 0 Å². The highest BCUT2D eigenvalue weighted by Gasteiger charge is 2.22. The molecule has 3 aromatic carbocycles. The zero-order chi connectivity index (χ0) is 22.7. The van der Waals surface area contributed by atoms with Crippen LogP contribution in [-0.2, 0) is 9.59 Å². The van der Waals surface area contributed by atoms with Crippen LogP contribution in [0.5, 0.6) is 0 Å². The van der Waals surface area contributed by atoms with Gasteiger partial charge in [-0.25, -0.2) is 4.39 Å². The lowest BCUT2D eigenvalue weighted by atomic mass is 10.1. The van der Waals surface area contributed by atoms with Crippen LogP contribution in [0.3, 0.4) is 0 Å². The number of para-hydroxylation sites is 1. The molecule has 1 aromatic heterocycles. The van der Waals surface area contributed by atoms with Crippen molar-refractivity contribution in [2.75, 3.05) is 5.32 Å². The number of hydrogen-bond donors (Lipinski definition) is 3. The molecule has 0 saturated heterocycles. The summed E-state index contributed by atoms with van der Waals surface area (Å²) < 4.78 is 18.9. The molecule has 0 fully saturated rings. The molecular formula is C24H20FN3O4. The smallest absolute Gasteiger partial charge is 0.251 e. The maximum absolute atomic E-state index is 13.1. The first kappa shape index (κ1) is 21.0. The van der Waals surface area contributed by atoms with Crippen molar-refractivity contribution >= 4 is 45.3 Å². The minimum Gasteiger partial charge on any atom is -0.456 e. The maximum Gasteiger partial charge on any atom is 0.251 e. The van der Waals surface area contributed by atoms with Crippen molar-refractivity contribution in [3.8, 4) is 0 Å². The standard InChI is InChI=1S/C24H20FN3O4/c25-15-7-5-14(6-8-15)23(30)28-19(10-12-22(26)29)24(31)27-16-9-11-21-18(13-16)17-3-1-2-4-20(17)32-21/h1-9,11,13,19H,10,12H2,(H2,26,29)(H,27,31)(H,28,30). The Hall–Kier alpha value is -4.20. The van der Waals surface area contributed by atoms with E-state index in [0.717, 1.165) is 28.5 Å². The lowest BCUT2D eigenvalue weighted by Crippen LogP contribution is -2.44. The van der Waals surface area contributed by atoms with Crippen LogP contribution in [-0.4, -0.2) is 23.8 Å². The number of furan rings is 1. The molecule has 0 radical (unpaired) electrons. The molecular weight excluding hydrogens is 413 g/mol. The molecule has 4 aromatic rings. The second-order valence-corrected chi connectivity index (χ2v) is 7.34. The zero-order valence-corrected chi connectivity index (χ0v) is 16.9. The second kappa shape index (κ2) is 8.89. The zero-order valence-electron chi connectivity index (χ0n) is 16.9. The van der Waals surface area contributed by atoms with Gasteiger partial charge < -0.3 is 20.8 Å². The number of carbonyl (C=O) groups excluding carboxylic acids is 3. The van der Waals surface area contributed by atoms with Crippen molar-refractivity contribution in [3.63, 3.8) is 0 Å². The summed E-state index contributed by atoms with van der Waals surface area (Å²) >= 11 is 0. The predicted molar refractivity (Wildman–Crippen MR) is 118 cm³/mol. The summed E-state index contributed by atoms with van der Waals surface area (Å²) in [5.74, 6) is -2.14. The monoisotopic (exact) mass is 433 g/mol. The van der Waals surface area contributed by atoms with Crippen LogP contribution < -0.4 is 16.4 Å². The van der Waals surface area contributed by atoms with Gasteiger partial charge >= 0.3 is 0 Å². The Kier molecular flexibility index (Phi) is 5.85. The first-order valence-electron chi connectivity index (χ1n) is 9.97. The van der Waals surface area contributed by atoms with Crippen LogP contribution >= 0.6 is 0 Å². The molecule has 0 aliphatic heterocycles. The Morgan fingerprint density at radius 1 is 0.938 bits per heavy atom. The van der Waals surface area contributed by atoms with Crippen molar-refractivity contribution < 1.29 is 23.2 Å². The van der Waals surface area contributed by atoms with Gasteiger partial charge in [0.15, 0.2) is 0 Å². The van der Waals surface area contributed by atoms with Crippen LogP contribution in [0, 0.1) is 5.82 Å². The number of benzene rings is 3. The van der Waals surface area contributed by atoms with Gasteiger partial charge in [-0.2, -0.15) is 0 Å². The lowest BCUT2D eigenvalue weighted by molar-refractivity contribution is -0.119. The minimum absolute atomic E-state index is 0.0188.